The van der Waals surface area contributed by atoms with Gasteiger partial charge >= 0.3 is 11.9 Å². The van der Waals surface area contributed by atoms with Gasteiger partial charge in [-0.05, 0) is 30.6 Å². The topological polar surface area (TPSA) is 83.8 Å². The Hall–Kier alpha value is -1.36. The summed E-state index contributed by atoms with van der Waals surface area (Å²) in [5, 5.41) is 17.4. The smallest absolute Gasteiger partial charge is 0.336 e. The van der Waals surface area contributed by atoms with Crippen molar-refractivity contribution in [2.45, 2.75) is 31.8 Å². The van der Waals surface area contributed by atoms with Crippen LogP contribution in [0.1, 0.15) is 25.7 Å². The molecule has 2 rings (SSSR count). The van der Waals surface area contributed by atoms with Crippen molar-refractivity contribution in [3.05, 3.63) is 12.2 Å². The van der Waals surface area contributed by atoms with Gasteiger partial charge in [-0.25, -0.2) is 4.79 Å². The van der Waals surface area contributed by atoms with E-state index < -0.39 is 24.6 Å². The number of carboxylic acid groups (broad SMARTS) is 1. The van der Waals surface area contributed by atoms with E-state index in [1.165, 1.54) is 0 Å². The van der Waals surface area contributed by atoms with Crippen molar-refractivity contribution in [2.24, 2.45) is 11.3 Å². The number of aliphatic hydroxyl groups excluding tert-OH is 1. The maximum atomic E-state index is 11.5. The SMILES string of the molecule is O=C(CC12C=CC(CC1)C2)OCC(O)C(=O)O. The summed E-state index contributed by atoms with van der Waals surface area (Å²) in [6.07, 6.45) is 5.97. The summed E-state index contributed by atoms with van der Waals surface area (Å²) < 4.78 is 4.77. The fourth-order valence-electron chi connectivity index (χ4n) is 2.66. The van der Waals surface area contributed by atoms with Crippen molar-refractivity contribution < 1.29 is 24.5 Å². The van der Waals surface area contributed by atoms with Gasteiger partial charge in [0.1, 0.15) is 6.61 Å². The molecule has 94 valence electrons. The number of hydrogen-bond acceptors (Lipinski definition) is 4. The third-order valence-corrected chi connectivity index (χ3v) is 3.59. The zero-order chi connectivity index (χ0) is 12.5. The van der Waals surface area contributed by atoms with Gasteiger partial charge in [0.05, 0.1) is 6.42 Å². The second-order valence-corrected chi connectivity index (χ2v) is 4.94. The van der Waals surface area contributed by atoms with E-state index in [9.17, 15) is 9.59 Å². The van der Waals surface area contributed by atoms with Crippen molar-refractivity contribution >= 4 is 11.9 Å². The van der Waals surface area contributed by atoms with E-state index in [1.54, 1.807) is 0 Å². The third-order valence-electron chi connectivity index (χ3n) is 3.59. The Morgan fingerprint density at radius 1 is 1.53 bits per heavy atom. The summed E-state index contributed by atoms with van der Waals surface area (Å²) in [7, 11) is 0. The molecule has 5 heteroatoms. The molecule has 0 saturated heterocycles. The van der Waals surface area contributed by atoms with Crippen LogP contribution in [-0.2, 0) is 14.3 Å². The van der Waals surface area contributed by atoms with Crippen LogP contribution in [0.2, 0.25) is 0 Å². The minimum atomic E-state index is -1.63. The molecule has 0 aromatic rings. The summed E-state index contributed by atoms with van der Waals surface area (Å²) in [5.41, 5.74) is -0.0735. The van der Waals surface area contributed by atoms with Crippen LogP contribution in [-0.4, -0.2) is 34.9 Å². The average Bonchev–Trinajstić information content (AvgIpc) is 2.85. The number of aliphatic carboxylic acids is 1. The van der Waals surface area contributed by atoms with Crippen LogP contribution in [0.15, 0.2) is 12.2 Å². The molecule has 2 aliphatic rings. The molecule has 3 atom stereocenters. The van der Waals surface area contributed by atoms with E-state index in [1.807, 2.05) is 0 Å². The van der Waals surface area contributed by atoms with Crippen molar-refractivity contribution in [3.8, 4) is 0 Å². The van der Waals surface area contributed by atoms with Crippen LogP contribution in [0, 0.1) is 11.3 Å². The quantitative estimate of drug-likeness (QED) is 0.546. The van der Waals surface area contributed by atoms with Crippen LogP contribution in [0.4, 0.5) is 0 Å². The average molecular weight is 240 g/mol. The molecule has 3 unspecified atom stereocenters. The molecule has 0 amide bonds. The first-order valence-corrected chi connectivity index (χ1v) is 5.77. The Labute approximate surface area is 99.1 Å². The lowest BCUT2D eigenvalue weighted by molar-refractivity contribution is -0.157. The van der Waals surface area contributed by atoms with Gasteiger partial charge in [-0.15, -0.1) is 0 Å². The number of ether oxygens (including phenoxy) is 1. The van der Waals surface area contributed by atoms with E-state index in [-0.39, 0.29) is 11.8 Å². The molecule has 0 heterocycles. The van der Waals surface area contributed by atoms with Crippen molar-refractivity contribution in [2.75, 3.05) is 6.61 Å². The highest BCUT2D eigenvalue weighted by atomic mass is 16.5. The first kappa shape index (κ1) is 12.1. The lowest BCUT2D eigenvalue weighted by Crippen LogP contribution is -2.28. The van der Waals surface area contributed by atoms with Crippen LogP contribution in [0.25, 0.3) is 0 Å². The minimum absolute atomic E-state index is 0.0735. The summed E-state index contributed by atoms with van der Waals surface area (Å²) in [5.74, 6) is -1.22. The summed E-state index contributed by atoms with van der Waals surface area (Å²) in [6.45, 7) is -0.475. The van der Waals surface area contributed by atoms with Crippen LogP contribution in [0.3, 0.4) is 0 Å². The summed E-state index contributed by atoms with van der Waals surface area (Å²) in [6, 6.07) is 0. The number of carbonyl (C=O) groups excluding carboxylic acids is 1. The molecule has 5 nitrogen and oxygen atoms in total. The van der Waals surface area contributed by atoms with Crippen LogP contribution < -0.4 is 0 Å². The maximum absolute atomic E-state index is 11.5. The molecule has 0 spiro atoms. The van der Waals surface area contributed by atoms with Gasteiger partial charge in [0.15, 0.2) is 6.10 Å². The van der Waals surface area contributed by atoms with E-state index in [0.717, 1.165) is 19.3 Å². The standard InChI is InChI=1S/C12H16O5/c13-9(11(15)16)7-17-10(14)6-12-3-1-8(5-12)2-4-12/h1,3,8-9,13H,2,4-7H2,(H,15,16). The number of rotatable bonds is 5. The zero-order valence-electron chi connectivity index (χ0n) is 9.46. The van der Waals surface area contributed by atoms with E-state index >= 15 is 0 Å². The monoisotopic (exact) mass is 240 g/mol. The molecule has 2 N–H and O–H groups in total. The number of aliphatic hydroxyl groups is 1. The Kier molecular flexibility index (Phi) is 3.19. The predicted molar refractivity (Wildman–Crippen MR) is 58.1 cm³/mol. The number of fused-ring (bicyclic) bond motifs is 2. The Bertz CT molecular complexity index is 362. The predicted octanol–water partition coefficient (Wildman–Crippen LogP) is 0.721. The van der Waals surface area contributed by atoms with E-state index in [4.69, 9.17) is 14.9 Å². The summed E-state index contributed by atoms with van der Waals surface area (Å²) in [4.78, 5) is 21.9. The highest BCUT2D eigenvalue weighted by molar-refractivity contribution is 5.74. The number of carboxylic acids is 1. The van der Waals surface area contributed by atoms with Gasteiger partial charge in [0, 0.05) is 0 Å². The number of allylic oxidation sites excluding steroid dienone is 2. The maximum Gasteiger partial charge on any atom is 0.336 e. The lowest BCUT2D eigenvalue weighted by Gasteiger charge is -2.22. The first-order chi connectivity index (χ1) is 8.01. The highest BCUT2D eigenvalue weighted by Gasteiger charge is 2.42. The molecule has 1 saturated carbocycles. The minimum Gasteiger partial charge on any atom is -0.479 e. The largest absolute Gasteiger partial charge is 0.479 e. The normalized spacial score (nSPS) is 31.5. The van der Waals surface area contributed by atoms with Gasteiger partial charge in [-0.3, -0.25) is 4.79 Å². The summed E-state index contributed by atoms with van der Waals surface area (Å²) >= 11 is 0. The van der Waals surface area contributed by atoms with E-state index in [2.05, 4.69) is 12.2 Å². The molecule has 0 radical (unpaired) electrons. The van der Waals surface area contributed by atoms with Gasteiger partial charge in [-0.2, -0.15) is 0 Å². The molecular formula is C12H16O5. The molecule has 0 aromatic heterocycles. The number of carbonyl (C=O) groups is 2. The Morgan fingerprint density at radius 2 is 2.29 bits per heavy atom. The fourth-order valence-corrected chi connectivity index (χ4v) is 2.66. The fraction of sp³-hybridized carbons (Fsp3) is 0.667. The molecule has 2 aliphatic carbocycles. The second kappa shape index (κ2) is 4.49. The first-order valence-electron chi connectivity index (χ1n) is 5.77. The van der Waals surface area contributed by atoms with Gasteiger partial charge < -0.3 is 14.9 Å². The number of hydrogen-bond donors (Lipinski definition) is 2. The van der Waals surface area contributed by atoms with Gasteiger partial charge in [0.25, 0.3) is 0 Å². The molecule has 2 bridgehead atoms. The van der Waals surface area contributed by atoms with E-state index in [0.29, 0.717) is 5.92 Å². The molecule has 17 heavy (non-hydrogen) atoms. The molecule has 0 aromatic carbocycles. The highest BCUT2D eigenvalue weighted by Crippen LogP contribution is 2.51. The van der Waals surface area contributed by atoms with Gasteiger partial charge in [-0.1, -0.05) is 12.2 Å². The zero-order valence-corrected chi connectivity index (χ0v) is 9.46. The number of esters is 1. The Balaban J connectivity index is 1.78. The third kappa shape index (κ3) is 2.66. The second-order valence-electron chi connectivity index (χ2n) is 4.94. The molecule has 1 fully saturated rings. The van der Waals surface area contributed by atoms with Crippen LogP contribution in [0.5, 0.6) is 0 Å². The Morgan fingerprint density at radius 3 is 2.76 bits per heavy atom. The van der Waals surface area contributed by atoms with Crippen molar-refractivity contribution in [3.63, 3.8) is 0 Å². The molecule has 0 aliphatic heterocycles. The van der Waals surface area contributed by atoms with Crippen molar-refractivity contribution in [1.29, 1.82) is 0 Å². The van der Waals surface area contributed by atoms with Gasteiger partial charge in [0.2, 0.25) is 0 Å². The van der Waals surface area contributed by atoms with Crippen LogP contribution >= 0.6 is 0 Å². The van der Waals surface area contributed by atoms with Crippen molar-refractivity contribution in [1.82, 2.24) is 0 Å². The molecular weight excluding hydrogens is 224 g/mol. The lowest BCUT2D eigenvalue weighted by atomic mass is 9.84.